The van der Waals surface area contributed by atoms with Crippen molar-refractivity contribution >= 4 is 10.4 Å². The van der Waals surface area contributed by atoms with Crippen LogP contribution in [-0.4, -0.2) is 51.7 Å². The summed E-state index contributed by atoms with van der Waals surface area (Å²) in [5, 5.41) is 0. The maximum Gasteiger partial charge on any atom is 0.217 e. The van der Waals surface area contributed by atoms with Crippen LogP contribution in [0.25, 0.3) is 0 Å². The van der Waals surface area contributed by atoms with Gasteiger partial charge in [0, 0.05) is 0 Å². The van der Waals surface area contributed by atoms with Crippen molar-refractivity contribution in [2.75, 3.05) is 34.3 Å². The number of hydrogen-bond acceptors (Lipinski definition) is 4. The molecule has 5 nitrogen and oxygen atoms in total. The number of rotatable bonds is 17. The van der Waals surface area contributed by atoms with Crippen molar-refractivity contribution in [1.29, 1.82) is 0 Å². The number of hydrogen-bond donors (Lipinski definition) is 0. The van der Waals surface area contributed by atoms with Crippen molar-refractivity contribution < 1.29 is 21.6 Å². The molecule has 0 spiro atoms. The molecule has 0 aliphatic rings. The van der Waals surface area contributed by atoms with Gasteiger partial charge in [-0.05, 0) is 37.5 Å². The lowest BCUT2D eigenvalue weighted by Crippen LogP contribution is -2.41. The summed E-state index contributed by atoms with van der Waals surface area (Å²) in [5.41, 5.74) is 0. The van der Waals surface area contributed by atoms with E-state index in [-0.39, 0.29) is 0 Å². The van der Waals surface area contributed by atoms with Gasteiger partial charge in [0.25, 0.3) is 0 Å². The monoisotopic (exact) mass is 437 g/mol. The van der Waals surface area contributed by atoms with Gasteiger partial charge in [0.1, 0.15) is 0 Å². The van der Waals surface area contributed by atoms with Crippen LogP contribution < -0.4 is 0 Å². The normalized spacial score (nSPS) is 12.3. The fourth-order valence-electron chi connectivity index (χ4n) is 3.36. The molecule has 0 aliphatic heterocycles. The summed E-state index contributed by atoms with van der Waals surface area (Å²) in [5.74, 6) is 1.77. The van der Waals surface area contributed by atoms with Crippen molar-refractivity contribution in [3.8, 4) is 0 Å². The predicted octanol–water partition coefficient (Wildman–Crippen LogP) is 6.15. The number of unbranched alkanes of at least 4 members (excludes halogenated alkanes) is 8. The molecule has 0 aromatic heterocycles. The Morgan fingerprint density at radius 1 is 0.690 bits per heavy atom. The van der Waals surface area contributed by atoms with E-state index in [1.807, 2.05) is 0 Å². The van der Waals surface area contributed by atoms with Crippen LogP contribution in [0, 0.1) is 11.8 Å². The second-order valence-electron chi connectivity index (χ2n) is 9.86. The van der Waals surface area contributed by atoms with Gasteiger partial charge in [-0.25, -0.2) is 8.42 Å². The minimum atomic E-state index is -4.41. The Hall–Kier alpha value is -0.170. The highest BCUT2D eigenvalue weighted by atomic mass is 32.3. The Balaban J connectivity index is 0. The highest BCUT2D eigenvalue weighted by molar-refractivity contribution is 7.80. The molecule has 0 unspecified atom stereocenters. The van der Waals surface area contributed by atoms with E-state index in [9.17, 15) is 13.0 Å². The van der Waals surface area contributed by atoms with Gasteiger partial charge >= 0.3 is 0 Å². The minimum absolute atomic E-state index is 0.808. The Morgan fingerprint density at radius 2 is 0.966 bits per heavy atom. The van der Waals surface area contributed by atoms with Gasteiger partial charge in [0.15, 0.2) is 0 Å². The first kappa shape index (κ1) is 31.0. The zero-order chi connectivity index (χ0) is 22.8. The van der Waals surface area contributed by atoms with E-state index in [2.05, 4.69) is 46.0 Å². The smallest absolute Gasteiger partial charge is 0.217 e. The van der Waals surface area contributed by atoms with Gasteiger partial charge in [-0.15, -0.1) is 0 Å². The summed E-state index contributed by atoms with van der Waals surface area (Å²) in [6.07, 6.45) is 17.2. The van der Waals surface area contributed by atoms with Gasteiger partial charge in [0.2, 0.25) is 10.4 Å². The van der Waals surface area contributed by atoms with Crippen LogP contribution in [0.5, 0.6) is 0 Å². The largest absolute Gasteiger partial charge is 0.726 e. The van der Waals surface area contributed by atoms with Crippen LogP contribution in [0.15, 0.2) is 0 Å². The molecule has 0 atom stereocenters. The van der Waals surface area contributed by atoms with Crippen molar-refractivity contribution in [2.45, 2.75) is 105 Å². The number of quaternary nitrogens is 1. The molecule has 29 heavy (non-hydrogen) atoms. The van der Waals surface area contributed by atoms with Gasteiger partial charge < -0.3 is 9.04 Å². The highest BCUT2D eigenvalue weighted by Gasteiger charge is 2.13. The third-order valence-corrected chi connectivity index (χ3v) is 5.70. The summed E-state index contributed by atoms with van der Waals surface area (Å²) < 4.78 is 32.3. The van der Waals surface area contributed by atoms with E-state index in [0.29, 0.717) is 0 Å². The molecule has 0 radical (unpaired) electrons. The molecule has 0 heterocycles. The first-order valence-corrected chi connectivity index (χ1v) is 13.1. The molecule has 0 rings (SSSR count). The summed E-state index contributed by atoms with van der Waals surface area (Å²) >= 11 is 0. The number of nitrogens with zero attached hydrogens (tertiary/aromatic N) is 1. The Labute approximate surface area is 183 Å². The van der Waals surface area contributed by atoms with E-state index in [1.54, 1.807) is 0 Å². The molecular weight excluding hydrogens is 386 g/mol. The second kappa shape index (κ2) is 18.6. The van der Waals surface area contributed by atoms with Crippen LogP contribution in [0.4, 0.5) is 0 Å². The van der Waals surface area contributed by atoms with Crippen molar-refractivity contribution in [3.05, 3.63) is 0 Å². The molecule has 0 bridgehead atoms. The van der Waals surface area contributed by atoms with Crippen molar-refractivity contribution in [3.63, 3.8) is 0 Å². The topological polar surface area (TPSA) is 66.4 Å². The molecule has 0 N–H and O–H groups in total. The first-order chi connectivity index (χ1) is 13.4. The average molecular weight is 438 g/mol. The average Bonchev–Trinajstić information content (AvgIpc) is 2.59. The van der Waals surface area contributed by atoms with Crippen molar-refractivity contribution in [1.82, 2.24) is 0 Å². The van der Waals surface area contributed by atoms with E-state index in [1.165, 1.54) is 94.6 Å². The minimum Gasteiger partial charge on any atom is -0.726 e. The lowest BCUT2D eigenvalue weighted by Gasteiger charge is -2.30. The van der Waals surface area contributed by atoms with Crippen LogP contribution in [-0.2, 0) is 14.6 Å². The predicted molar refractivity (Wildman–Crippen MR) is 124 cm³/mol. The van der Waals surface area contributed by atoms with E-state index in [4.69, 9.17) is 0 Å². The first-order valence-electron chi connectivity index (χ1n) is 11.7. The maximum atomic E-state index is 9.22. The second-order valence-corrected chi connectivity index (χ2v) is 11.0. The van der Waals surface area contributed by atoms with Crippen LogP contribution >= 0.6 is 0 Å². The van der Waals surface area contributed by atoms with Crippen molar-refractivity contribution in [2.24, 2.45) is 11.8 Å². The van der Waals surface area contributed by atoms with Gasteiger partial charge in [-0.1, -0.05) is 79.1 Å². The van der Waals surface area contributed by atoms with Gasteiger partial charge in [-0.3, -0.25) is 4.18 Å². The SMILES string of the molecule is CC(C)CCCCCCC[N+](C)(C)CCCCCCCC(C)C.COS(=O)(=O)[O-]. The van der Waals surface area contributed by atoms with Crippen LogP contribution in [0.1, 0.15) is 105 Å². The lowest BCUT2D eigenvalue weighted by atomic mass is 10.0. The lowest BCUT2D eigenvalue weighted by molar-refractivity contribution is -0.890. The molecule has 0 amide bonds. The highest BCUT2D eigenvalue weighted by Crippen LogP contribution is 2.14. The zero-order valence-corrected chi connectivity index (χ0v) is 21.4. The molecule has 6 heteroatoms. The molecule has 0 aromatic rings. The van der Waals surface area contributed by atoms with E-state index >= 15 is 0 Å². The molecule has 0 aliphatic carbocycles. The summed E-state index contributed by atoms with van der Waals surface area (Å²) in [6, 6.07) is 0. The maximum absolute atomic E-state index is 9.22. The molecule has 178 valence electrons. The third kappa shape index (κ3) is 30.1. The Morgan fingerprint density at radius 3 is 1.24 bits per heavy atom. The molecule has 0 aromatic carbocycles. The fraction of sp³-hybridized carbons (Fsp3) is 1.00. The summed E-state index contributed by atoms with van der Waals surface area (Å²) in [4.78, 5) is 0. The summed E-state index contributed by atoms with van der Waals surface area (Å²) in [6.45, 7) is 12.1. The molecule has 0 saturated carbocycles. The van der Waals surface area contributed by atoms with Crippen LogP contribution in [0.2, 0.25) is 0 Å². The standard InChI is InChI=1S/C22H48N.CH4O4S/c1-21(2)17-13-9-7-11-15-19-23(5,6)20-16-12-8-10-14-18-22(3)4;1-5-6(2,3)4/h21-22H,7-20H2,1-6H3;1H3,(H,2,3,4)/q+1;/p-1. The van der Waals surface area contributed by atoms with E-state index in [0.717, 1.165) is 18.9 Å². The van der Waals surface area contributed by atoms with E-state index < -0.39 is 10.4 Å². The fourth-order valence-corrected chi connectivity index (χ4v) is 3.36. The summed E-state index contributed by atoms with van der Waals surface area (Å²) in [7, 11) is 1.25. The zero-order valence-electron chi connectivity index (χ0n) is 20.5. The Kier molecular flexibility index (Phi) is 19.9. The van der Waals surface area contributed by atoms with Crippen LogP contribution in [0.3, 0.4) is 0 Å². The molecular formula is C23H51NO4S. The van der Waals surface area contributed by atoms with Gasteiger partial charge in [0.05, 0.1) is 34.3 Å². The molecule has 0 fully saturated rings. The third-order valence-electron chi connectivity index (χ3n) is 5.29. The molecule has 0 saturated heterocycles. The van der Waals surface area contributed by atoms with Gasteiger partial charge in [-0.2, -0.15) is 0 Å². The quantitative estimate of drug-likeness (QED) is 0.118. The Bertz CT molecular complexity index is 424.